The van der Waals surface area contributed by atoms with E-state index >= 15 is 0 Å². The van der Waals surface area contributed by atoms with Gasteiger partial charge < -0.3 is 0 Å². The zero-order valence-corrected chi connectivity index (χ0v) is 14.8. The van der Waals surface area contributed by atoms with Gasteiger partial charge in [-0.3, -0.25) is 0 Å². The standard InChI is InChI=1S/C14H22Br2Si/c1-2-3-4-5-6-10-13-17(15,16)14-11-8-7-9-12-14/h7-9,11-12H,2-6,10,13H2,1H3. The molecule has 0 unspecified atom stereocenters. The summed E-state index contributed by atoms with van der Waals surface area (Å²) in [5.74, 6) is 0. The molecule has 0 N–H and O–H groups in total. The summed E-state index contributed by atoms with van der Waals surface area (Å²) in [7, 11) is 0. The Morgan fingerprint density at radius 2 is 1.47 bits per heavy atom. The molecule has 0 aliphatic heterocycles. The maximum absolute atomic E-state index is 3.93. The summed E-state index contributed by atoms with van der Waals surface area (Å²) in [6, 6.07) is 12.1. The van der Waals surface area contributed by atoms with Crippen molar-refractivity contribution in [3.63, 3.8) is 0 Å². The van der Waals surface area contributed by atoms with Crippen LogP contribution in [-0.2, 0) is 0 Å². The van der Waals surface area contributed by atoms with Gasteiger partial charge in [-0.05, 0) is 11.2 Å². The first-order chi connectivity index (χ1) is 8.17. The second kappa shape index (κ2) is 8.49. The fourth-order valence-corrected chi connectivity index (χ4v) is 6.88. The van der Waals surface area contributed by atoms with Crippen LogP contribution >= 0.6 is 30.6 Å². The molecule has 1 rings (SSSR count). The van der Waals surface area contributed by atoms with Gasteiger partial charge in [-0.2, -0.15) is 0 Å². The molecule has 17 heavy (non-hydrogen) atoms. The first-order valence-corrected chi connectivity index (χ1v) is 13.3. The zero-order valence-electron chi connectivity index (χ0n) is 10.6. The summed E-state index contributed by atoms with van der Waals surface area (Å²) in [6.07, 6.45) is 8.23. The number of benzene rings is 1. The van der Waals surface area contributed by atoms with Crippen molar-refractivity contribution >= 4 is 41.1 Å². The van der Waals surface area contributed by atoms with Gasteiger partial charge in [0.15, 0.2) is 0 Å². The minimum atomic E-state index is -1.52. The molecule has 0 fully saturated rings. The fraction of sp³-hybridized carbons (Fsp3) is 0.571. The topological polar surface area (TPSA) is 0 Å². The first-order valence-electron chi connectivity index (χ1n) is 6.60. The van der Waals surface area contributed by atoms with Crippen molar-refractivity contribution in [1.82, 2.24) is 0 Å². The fourth-order valence-electron chi connectivity index (χ4n) is 1.95. The third-order valence-electron chi connectivity index (χ3n) is 3.04. The summed E-state index contributed by atoms with van der Waals surface area (Å²) < 4.78 is 0. The van der Waals surface area contributed by atoms with Gasteiger partial charge in [0.1, 0.15) is 0 Å². The van der Waals surface area contributed by atoms with Crippen molar-refractivity contribution in [2.75, 3.05) is 0 Å². The van der Waals surface area contributed by atoms with Crippen LogP contribution in [0.15, 0.2) is 30.3 Å². The van der Waals surface area contributed by atoms with Crippen molar-refractivity contribution in [1.29, 1.82) is 0 Å². The lowest BCUT2D eigenvalue weighted by Crippen LogP contribution is -2.34. The molecule has 0 saturated heterocycles. The van der Waals surface area contributed by atoms with Crippen LogP contribution < -0.4 is 5.19 Å². The molecule has 0 saturated carbocycles. The Labute approximate surface area is 122 Å². The lowest BCUT2D eigenvalue weighted by atomic mass is 10.1. The van der Waals surface area contributed by atoms with E-state index in [0.717, 1.165) is 0 Å². The van der Waals surface area contributed by atoms with Crippen LogP contribution in [0.4, 0.5) is 0 Å². The van der Waals surface area contributed by atoms with Crippen molar-refractivity contribution in [3.05, 3.63) is 30.3 Å². The van der Waals surface area contributed by atoms with Gasteiger partial charge in [-0.1, -0.05) is 75.8 Å². The smallest absolute Gasteiger partial charge is 0.105 e. The molecule has 0 nitrogen and oxygen atoms in total. The van der Waals surface area contributed by atoms with E-state index in [4.69, 9.17) is 0 Å². The summed E-state index contributed by atoms with van der Waals surface area (Å²) in [4.78, 5) is 0. The van der Waals surface area contributed by atoms with Gasteiger partial charge in [0.25, 0.3) is 0 Å². The van der Waals surface area contributed by atoms with Crippen molar-refractivity contribution in [3.8, 4) is 0 Å². The molecule has 0 amide bonds. The number of halogens is 2. The quantitative estimate of drug-likeness (QED) is 0.319. The number of rotatable bonds is 8. The molecular weight excluding hydrogens is 356 g/mol. The Morgan fingerprint density at radius 1 is 0.882 bits per heavy atom. The van der Waals surface area contributed by atoms with Crippen LogP contribution in [0.25, 0.3) is 0 Å². The molecular formula is C14H22Br2Si. The van der Waals surface area contributed by atoms with Crippen molar-refractivity contribution in [2.45, 2.75) is 51.5 Å². The largest absolute Gasteiger partial charge is 0.230 e. The van der Waals surface area contributed by atoms with E-state index in [1.165, 1.54) is 49.8 Å². The molecule has 3 heteroatoms. The van der Waals surface area contributed by atoms with Crippen molar-refractivity contribution in [2.24, 2.45) is 0 Å². The number of hydrogen-bond acceptors (Lipinski definition) is 0. The van der Waals surface area contributed by atoms with E-state index in [0.29, 0.717) is 0 Å². The van der Waals surface area contributed by atoms with Gasteiger partial charge in [0.05, 0.1) is 0 Å². The van der Waals surface area contributed by atoms with E-state index in [-0.39, 0.29) is 0 Å². The molecule has 0 bridgehead atoms. The van der Waals surface area contributed by atoms with Crippen LogP contribution in [0.2, 0.25) is 6.04 Å². The molecule has 1 aromatic carbocycles. The second-order valence-electron chi connectivity index (χ2n) is 4.59. The minimum absolute atomic E-state index is 1.28. The summed E-state index contributed by atoms with van der Waals surface area (Å²) in [5.41, 5.74) is 0. The molecule has 0 aliphatic rings. The van der Waals surface area contributed by atoms with Crippen LogP contribution in [0.1, 0.15) is 45.4 Å². The normalized spacial score (nSPS) is 11.7. The van der Waals surface area contributed by atoms with E-state index in [1.54, 1.807) is 0 Å². The molecule has 0 spiro atoms. The van der Waals surface area contributed by atoms with E-state index in [1.807, 2.05) is 0 Å². The maximum Gasteiger partial charge on any atom is 0.230 e. The Kier molecular flexibility index (Phi) is 7.72. The molecule has 96 valence electrons. The summed E-state index contributed by atoms with van der Waals surface area (Å²) in [6.45, 7) is 2.27. The summed E-state index contributed by atoms with van der Waals surface area (Å²) >= 11 is 7.86. The van der Waals surface area contributed by atoms with E-state index < -0.39 is 5.31 Å². The highest BCUT2D eigenvalue weighted by Gasteiger charge is 2.27. The highest BCUT2D eigenvalue weighted by atomic mass is 79.9. The van der Waals surface area contributed by atoms with Crippen LogP contribution in [0.5, 0.6) is 0 Å². The summed E-state index contributed by atoms with van der Waals surface area (Å²) in [5, 5.41) is -0.0705. The van der Waals surface area contributed by atoms with Gasteiger partial charge >= 0.3 is 0 Å². The van der Waals surface area contributed by atoms with E-state index in [9.17, 15) is 0 Å². The number of unbranched alkanes of at least 4 members (excludes halogenated alkanes) is 5. The predicted molar refractivity (Wildman–Crippen MR) is 87.9 cm³/mol. The molecule has 1 aromatic rings. The SMILES string of the molecule is CCCCCCCC[Si](Br)(Br)c1ccccc1. The molecule has 0 radical (unpaired) electrons. The second-order valence-corrected chi connectivity index (χ2v) is 18.4. The first kappa shape index (κ1) is 15.5. The van der Waals surface area contributed by atoms with Crippen molar-refractivity contribution < 1.29 is 0 Å². The lowest BCUT2D eigenvalue weighted by Gasteiger charge is -2.18. The monoisotopic (exact) mass is 376 g/mol. The maximum atomic E-state index is 3.93. The Balaban J connectivity index is 2.26. The third-order valence-corrected chi connectivity index (χ3v) is 10.3. The Hall–Kier alpha value is 0.397. The molecule has 0 aliphatic carbocycles. The lowest BCUT2D eigenvalue weighted by molar-refractivity contribution is 0.624. The highest BCUT2D eigenvalue weighted by Crippen LogP contribution is 2.27. The third kappa shape index (κ3) is 6.21. The van der Waals surface area contributed by atoms with Crippen LogP contribution in [0, 0.1) is 0 Å². The van der Waals surface area contributed by atoms with Crippen LogP contribution in [-0.4, -0.2) is 5.31 Å². The Bertz CT molecular complexity index is 298. The predicted octanol–water partition coefficient (Wildman–Crippen LogP) is 5.49. The molecule has 0 aromatic heterocycles. The van der Waals surface area contributed by atoms with Gasteiger partial charge in [0.2, 0.25) is 5.31 Å². The molecule has 0 atom stereocenters. The molecule has 0 heterocycles. The average Bonchev–Trinajstić information content (AvgIpc) is 2.35. The van der Waals surface area contributed by atoms with Gasteiger partial charge in [-0.15, -0.1) is 30.6 Å². The van der Waals surface area contributed by atoms with Gasteiger partial charge in [-0.25, -0.2) is 0 Å². The average molecular weight is 378 g/mol. The Morgan fingerprint density at radius 3 is 2.12 bits per heavy atom. The van der Waals surface area contributed by atoms with Gasteiger partial charge in [0, 0.05) is 0 Å². The minimum Gasteiger partial charge on any atom is -0.105 e. The van der Waals surface area contributed by atoms with E-state index in [2.05, 4.69) is 67.8 Å². The van der Waals surface area contributed by atoms with Crippen LogP contribution in [0.3, 0.4) is 0 Å². The number of hydrogen-bond donors (Lipinski definition) is 0. The zero-order chi connectivity index (χ0) is 12.6. The highest BCUT2D eigenvalue weighted by molar-refractivity contribution is 9.51.